The van der Waals surface area contributed by atoms with Gasteiger partial charge in [-0.05, 0) is 67.9 Å². The fourth-order valence-corrected chi connectivity index (χ4v) is 4.73. The molecule has 9 nitrogen and oxygen atoms in total. The topological polar surface area (TPSA) is 123 Å². The number of carbonyl (C=O) groups is 2. The van der Waals surface area contributed by atoms with Gasteiger partial charge >= 0.3 is 0 Å². The maximum Gasteiger partial charge on any atom is 0.255 e. The van der Waals surface area contributed by atoms with Gasteiger partial charge in [-0.3, -0.25) is 9.59 Å². The molecule has 35 heavy (non-hydrogen) atoms. The number of carbonyl (C=O) groups excluding carboxylic acids is 2. The molecule has 1 aliphatic rings. The van der Waals surface area contributed by atoms with Crippen molar-refractivity contribution in [2.45, 2.75) is 31.3 Å². The van der Waals surface area contributed by atoms with E-state index in [4.69, 9.17) is 9.47 Å². The Hall–Kier alpha value is -3.89. The van der Waals surface area contributed by atoms with Gasteiger partial charge in [-0.25, -0.2) is 13.1 Å². The first-order valence-electron chi connectivity index (χ1n) is 10.9. The quantitative estimate of drug-likeness (QED) is 0.441. The molecule has 0 saturated heterocycles. The largest absolute Gasteiger partial charge is 0.454 e. The van der Waals surface area contributed by atoms with Gasteiger partial charge in [0.25, 0.3) is 11.8 Å². The van der Waals surface area contributed by atoms with Gasteiger partial charge < -0.3 is 20.1 Å². The van der Waals surface area contributed by atoms with E-state index in [1.54, 1.807) is 50.2 Å². The Morgan fingerprint density at radius 3 is 2.37 bits per heavy atom. The Kier molecular flexibility index (Phi) is 7.04. The minimum atomic E-state index is -3.66. The third-order valence-corrected chi connectivity index (χ3v) is 6.80. The van der Waals surface area contributed by atoms with E-state index in [1.165, 1.54) is 24.3 Å². The molecule has 0 atom stereocenters. The van der Waals surface area contributed by atoms with Crippen LogP contribution in [-0.4, -0.2) is 33.1 Å². The molecule has 1 heterocycles. The lowest BCUT2D eigenvalue weighted by molar-refractivity contribution is 0.0951. The zero-order chi connectivity index (χ0) is 25.0. The van der Waals surface area contributed by atoms with Crippen LogP contribution in [0.1, 0.15) is 40.1 Å². The number of ether oxygens (including phenoxy) is 2. The molecule has 3 N–H and O–H groups in total. The van der Waals surface area contributed by atoms with Crippen molar-refractivity contribution in [1.29, 1.82) is 0 Å². The maximum absolute atomic E-state index is 12.8. The third kappa shape index (κ3) is 5.79. The van der Waals surface area contributed by atoms with E-state index in [2.05, 4.69) is 15.4 Å². The summed E-state index contributed by atoms with van der Waals surface area (Å²) in [5.74, 6) is 0.458. The van der Waals surface area contributed by atoms with E-state index >= 15 is 0 Å². The molecule has 0 spiro atoms. The summed E-state index contributed by atoms with van der Waals surface area (Å²) in [6.45, 7) is 3.88. The zero-order valence-electron chi connectivity index (χ0n) is 19.2. The molecule has 10 heteroatoms. The number of nitrogens with one attached hydrogen (secondary N) is 3. The monoisotopic (exact) mass is 495 g/mol. The van der Waals surface area contributed by atoms with Crippen LogP contribution in [0.15, 0.2) is 71.6 Å². The van der Waals surface area contributed by atoms with Crippen molar-refractivity contribution in [3.63, 3.8) is 0 Å². The molecule has 0 fully saturated rings. The molecule has 3 aromatic carbocycles. The number of hydrogen-bond acceptors (Lipinski definition) is 6. The first-order valence-corrected chi connectivity index (χ1v) is 12.4. The summed E-state index contributed by atoms with van der Waals surface area (Å²) in [6.07, 6.45) is 0. The van der Waals surface area contributed by atoms with Crippen molar-refractivity contribution < 1.29 is 27.5 Å². The summed E-state index contributed by atoms with van der Waals surface area (Å²) >= 11 is 0. The first kappa shape index (κ1) is 24.2. The first-order chi connectivity index (χ1) is 16.7. The van der Waals surface area contributed by atoms with Gasteiger partial charge in [0, 0.05) is 18.2 Å². The van der Waals surface area contributed by atoms with Crippen molar-refractivity contribution in [2.24, 2.45) is 0 Å². The fourth-order valence-electron chi connectivity index (χ4n) is 3.48. The van der Waals surface area contributed by atoms with Gasteiger partial charge in [0.2, 0.25) is 16.8 Å². The number of benzene rings is 3. The van der Waals surface area contributed by atoms with Crippen LogP contribution in [0, 0.1) is 0 Å². The fraction of sp³-hybridized carbons (Fsp3) is 0.200. The second-order valence-corrected chi connectivity index (χ2v) is 9.88. The van der Waals surface area contributed by atoms with Crippen LogP contribution in [0.3, 0.4) is 0 Å². The maximum atomic E-state index is 12.8. The van der Waals surface area contributed by atoms with Crippen molar-refractivity contribution >= 4 is 27.5 Å². The molecule has 0 saturated carbocycles. The second-order valence-electron chi connectivity index (χ2n) is 8.17. The van der Waals surface area contributed by atoms with E-state index in [0.29, 0.717) is 22.7 Å². The van der Waals surface area contributed by atoms with E-state index < -0.39 is 15.9 Å². The second kappa shape index (κ2) is 10.2. The average Bonchev–Trinajstić information content (AvgIpc) is 3.30. The van der Waals surface area contributed by atoms with E-state index in [1.807, 2.05) is 6.07 Å². The molecule has 0 aliphatic carbocycles. The summed E-state index contributed by atoms with van der Waals surface area (Å²) in [5.41, 5.74) is 1.72. The molecule has 4 rings (SSSR count). The molecular weight excluding hydrogens is 470 g/mol. The van der Waals surface area contributed by atoms with Crippen molar-refractivity contribution in [3.05, 3.63) is 83.4 Å². The lowest BCUT2D eigenvalue weighted by Crippen LogP contribution is -2.30. The molecule has 0 bridgehead atoms. The van der Waals surface area contributed by atoms with E-state index in [9.17, 15) is 18.0 Å². The molecule has 0 unspecified atom stereocenters. The minimum absolute atomic E-state index is 0.0612. The van der Waals surface area contributed by atoms with Gasteiger partial charge in [-0.2, -0.15) is 0 Å². The van der Waals surface area contributed by atoms with Crippen molar-refractivity contribution in [3.8, 4) is 11.5 Å². The Morgan fingerprint density at radius 2 is 1.63 bits per heavy atom. The van der Waals surface area contributed by atoms with Crippen LogP contribution in [0.4, 0.5) is 5.69 Å². The number of rotatable bonds is 8. The predicted molar refractivity (Wildman–Crippen MR) is 130 cm³/mol. The highest BCUT2D eigenvalue weighted by molar-refractivity contribution is 7.89. The molecule has 1 aliphatic heterocycles. The van der Waals surface area contributed by atoms with Gasteiger partial charge in [0.1, 0.15) is 0 Å². The van der Waals surface area contributed by atoms with Gasteiger partial charge in [0.05, 0.1) is 16.1 Å². The van der Waals surface area contributed by atoms with Crippen molar-refractivity contribution in [2.75, 3.05) is 12.1 Å². The van der Waals surface area contributed by atoms with Gasteiger partial charge in [-0.15, -0.1) is 0 Å². The molecule has 3 aromatic rings. The van der Waals surface area contributed by atoms with Crippen LogP contribution in [0.25, 0.3) is 0 Å². The number of sulfonamides is 1. The van der Waals surface area contributed by atoms with Crippen LogP contribution in [-0.2, 0) is 16.6 Å². The van der Waals surface area contributed by atoms with Crippen LogP contribution in [0.5, 0.6) is 11.5 Å². The zero-order valence-corrected chi connectivity index (χ0v) is 20.0. The summed E-state index contributed by atoms with van der Waals surface area (Å²) < 4.78 is 37.7. The SMILES string of the molecule is CC(C)NS(=O)(=O)c1ccc(C(=O)Nc2ccccc2C(=O)NCc2ccc3c(c2)OCO3)cc1. The van der Waals surface area contributed by atoms with Gasteiger partial charge in [0.15, 0.2) is 11.5 Å². The van der Waals surface area contributed by atoms with Crippen LogP contribution < -0.4 is 24.8 Å². The lowest BCUT2D eigenvalue weighted by atomic mass is 10.1. The Balaban J connectivity index is 1.43. The van der Waals surface area contributed by atoms with E-state index in [0.717, 1.165) is 5.56 Å². The molecular formula is C25H25N3O6S. The summed E-state index contributed by atoms with van der Waals surface area (Å²) in [5, 5.41) is 5.57. The van der Waals surface area contributed by atoms with Crippen molar-refractivity contribution in [1.82, 2.24) is 10.0 Å². The smallest absolute Gasteiger partial charge is 0.255 e. The van der Waals surface area contributed by atoms with Crippen LogP contribution >= 0.6 is 0 Å². The van der Waals surface area contributed by atoms with Gasteiger partial charge in [-0.1, -0.05) is 18.2 Å². The average molecular weight is 496 g/mol. The number of amides is 2. The molecule has 182 valence electrons. The Morgan fingerprint density at radius 1 is 0.914 bits per heavy atom. The highest BCUT2D eigenvalue weighted by Gasteiger charge is 2.18. The molecule has 0 radical (unpaired) electrons. The number of para-hydroxylation sites is 1. The highest BCUT2D eigenvalue weighted by atomic mass is 32.2. The molecule has 0 aromatic heterocycles. The summed E-state index contributed by atoms with van der Waals surface area (Å²) in [6, 6.07) is 17.4. The number of anilines is 1. The standard InChI is InChI=1S/C25H25N3O6S/c1-16(2)28-35(31,32)19-10-8-18(9-11-19)24(29)27-21-6-4-3-5-20(21)25(30)26-14-17-7-12-22-23(13-17)34-15-33-22/h3-13,16,28H,14-15H2,1-2H3,(H,26,30)(H,27,29). The summed E-state index contributed by atoms with van der Waals surface area (Å²) in [7, 11) is -3.66. The normalized spacial score (nSPS) is 12.4. The third-order valence-electron chi connectivity index (χ3n) is 5.13. The highest BCUT2D eigenvalue weighted by Crippen LogP contribution is 2.32. The predicted octanol–water partition coefficient (Wildman–Crippen LogP) is 3.28. The summed E-state index contributed by atoms with van der Waals surface area (Å²) in [4.78, 5) is 25.7. The molecule has 2 amide bonds. The lowest BCUT2D eigenvalue weighted by Gasteiger charge is -2.13. The van der Waals surface area contributed by atoms with E-state index in [-0.39, 0.29) is 35.7 Å². The van der Waals surface area contributed by atoms with Crippen LogP contribution in [0.2, 0.25) is 0 Å². The number of hydrogen-bond donors (Lipinski definition) is 3. The minimum Gasteiger partial charge on any atom is -0.454 e. The Labute approximate surface area is 203 Å². The Bertz CT molecular complexity index is 1350. The number of fused-ring (bicyclic) bond motifs is 1.